The van der Waals surface area contributed by atoms with Crippen molar-refractivity contribution < 1.29 is 10.9 Å². The summed E-state index contributed by atoms with van der Waals surface area (Å²) < 4.78 is 0. The van der Waals surface area contributed by atoms with Crippen LogP contribution in [0.2, 0.25) is 0 Å². The van der Waals surface area contributed by atoms with Gasteiger partial charge in [-0.25, -0.2) is 9.98 Å². The van der Waals surface area contributed by atoms with Gasteiger partial charge >= 0.3 is 39.3 Å². The van der Waals surface area contributed by atoms with E-state index < -0.39 is 0 Å². The van der Waals surface area contributed by atoms with Gasteiger partial charge in [-0.05, 0) is 40.5 Å². The maximum atomic E-state index is 5.40. The third-order valence-electron chi connectivity index (χ3n) is 6.20. The average molecular weight is 635 g/mol. The SMILES string of the molecule is CC(C)c1cccc(C(C)C)c1N=C1C(=Nc2ccccc2)c2cccc3cccc1c23.[Br][Ni][Br]. The van der Waals surface area contributed by atoms with E-state index >= 15 is 0 Å². The summed E-state index contributed by atoms with van der Waals surface area (Å²) in [5, 5.41) is 2.48. The van der Waals surface area contributed by atoms with Crippen molar-refractivity contribution >= 4 is 62.0 Å². The molecule has 1 aliphatic rings. The van der Waals surface area contributed by atoms with Crippen LogP contribution in [-0.2, 0) is 10.9 Å². The molecule has 0 atom stereocenters. The molecular formula is C30H28Br2N2Ni. The van der Waals surface area contributed by atoms with Crippen molar-refractivity contribution in [2.45, 2.75) is 39.5 Å². The minimum atomic E-state index is 0.391. The fourth-order valence-electron chi connectivity index (χ4n) is 4.60. The van der Waals surface area contributed by atoms with Crippen molar-refractivity contribution in [2.75, 3.05) is 0 Å². The van der Waals surface area contributed by atoms with Crippen LogP contribution in [0.4, 0.5) is 11.4 Å². The van der Waals surface area contributed by atoms with Crippen molar-refractivity contribution in [3.05, 3.63) is 107 Å². The Morgan fingerprint density at radius 1 is 0.600 bits per heavy atom. The molecule has 0 radical (unpaired) electrons. The third-order valence-corrected chi connectivity index (χ3v) is 6.20. The Morgan fingerprint density at radius 3 is 1.60 bits per heavy atom. The molecule has 4 aromatic carbocycles. The molecule has 0 spiro atoms. The molecule has 0 saturated carbocycles. The molecule has 2 nitrogen and oxygen atoms in total. The zero-order chi connectivity index (χ0) is 24.9. The molecule has 5 rings (SSSR count). The first-order chi connectivity index (χ1) is 17.0. The molecule has 4 aromatic rings. The van der Waals surface area contributed by atoms with E-state index in [1.807, 2.05) is 18.2 Å². The Hall–Kier alpha value is -2.07. The average Bonchev–Trinajstić information content (AvgIpc) is 3.14. The van der Waals surface area contributed by atoms with Gasteiger partial charge < -0.3 is 0 Å². The monoisotopic (exact) mass is 632 g/mol. The number of hydrogen-bond donors (Lipinski definition) is 0. The van der Waals surface area contributed by atoms with Gasteiger partial charge in [0.15, 0.2) is 0 Å². The number of rotatable bonds is 4. The Bertz CT molecular complexity index is 1360. The molecule has 0 bridgehead atoms. The van der Waals surface area contributed by atoms with Crippen LogP contribution in [-0.4, -0.2) is 11.4 Å². The number of nitrogens with zero attached hydrogens (tertiary/aromatic N) is 2. The standard InChI is InChI=1S/C30H28N2.2BrH.Ni/c1-19(2)23-15-10-16-24(20(3)4)28(23)32-30-26-18-9-12-21-11-8-17-25(27(21)26)29(30)31-22-13-6-5-7-14-22;;;/h5-20H,1-4H3;2*1H;/q;;;+2/p-2. The molecular weight excluding hydrogens is 607 g/mol. The second-order valence-corrected chi connectivity index (χ2v) is 14.1. The summed E-state index contributed by atoms with van der Waals surface area (Å²) in [7, 11) is 1.25. The predicted octanol–water partition coefficient (Wildman–Crippen LogP) is 10.0. The van der Waals surface area contributed by atoms with E-state index in [1.54, 1.807) is 0 Å². The van der Waals surface area contributed by atoms with Crippen molar-refractivity contribution in [2.24, 2.45) is 9.98 Å². The number of benzene rings is 4. The molecule has 0 N–H and O–H groups in total. The van der Waals surface area contributed by atoms with E-state index in [1.165, 1.54) is 38.4 Å². The fourth-order valence-corrected chi connectivity index (χ4v) is 4.60. The van der Waals surface area contributed by atoms with E-state index in [2.05, 4.69) is 123 Å². The number of halogens is 2. The predicted molar refractivity (Wildman–Crippen MR) is 155 cm³/mol. The molecule has 0 aromatic heterocycles. The van der Waals surface area contributed by atoms with Crippen LogP contribution >= 0.6 is 28.5 Å². The molecule has 182 valence electrons. The van der Waals surface area contributed by atoms with Crippen LogP contribution in [0.1, 0.15) is 61.8 Å². The van der Waals surface area contributed by atoms with Crippen molar-refractivity contribution in [1.82, 2.24) is 0 Å². The van der Waals surface area contributed by atoms with Crippen molar-refractivity contribution in [1.29, 1.82) is 0 Å². The van der Waals surface area contributed by atoms with Gasteiger partial charge in [0, 0.05) is 16.5 Å². The van der Waals surface area contributed by atoms with Gasteiger partial charge in [-0.15, -0.1) is 0 Å². The molecule has 0 heterocycles. The summed E-state index contributed by atoms with van der Waals surface area (Å²) in [6.45, 7) is 8.97. The molecule has 0 saturated heterocycles. The van der Waals surface area contributed by atoms with E-state index in [9.17, 15) is 0 Å². The molecule has 1 aliphatic carbocycles. The van der Waals surface area contributed by atoms with Gasteiger partial charge in [-0.2, -0.15) is 0 Å². The van der Waals surface area contributed by atoms with Gasteiger partial charge in [-0.3, -0.25) is 0 Å². The first-order valence-corrected chi connectivity index (χ1v) is 16.5. The van der Waals surface area contributed by atoms with Crippen LogP contribution < -0.4 is 0 Å². The summed E-state index contributed by atoms with van der Waals surface area (Å²) in [6.07, 6.45) is 0. The first-order valence-electron chi connectivity index (χ1n) is 11.7. The molecule has 0 amide bonds. The van der Waals surface area contributed by atoms with Gasteiger partial charge in [0.25, 0.3) is 0 Å². The number of para-hydroxylation sites is 2. The second-order valence-electron chi connectivity index (χ2n) is 9.11. The second kappa shape index (κ2) is 11.8. The van der Waals surface area contributed by atoms with Gasteiger partial charge in [0.2, 0.25) is 0 Å². The third kappa shape index (κ3) is 5.53. The van der Waals surface area contributed by atoms with E-state index in [-0.39, 0.29) is 0 Å². The van der Waals surface area contributed by atoms with Crippen LogP contribution in [0.3, 0.4) is 0 Å². The fraction of sp³-hybridized carbons (Fsp3) is 0.200. The van der Waals surface area contributed by atoms with Crippen LogP contribution in [0, 0.1) is 0 Å². The summed E-state index contributed by atoms with van der Waals surface area (Å²) in [5.41, 5.74) is 8.86. The zero-order valence-electron chi connectivity index (χ0n) is 20.2. The Morgan fingerprint density at radius 2 is 1.09 bits per heavy atom. The van der Waals surface area contributed by atoms with E-state index in [4.69, 9.17) is 9.98 Å². The molecule has 0 unspecified atom stereocenters. The zero-order valence-corrected chi connectivity index (χ0v) is 24.4. The molecule has 0 aliphatic heterocycles. The first kappa shape index (κ1) is 26.0. The van der Waals surface area contributed by atoms with Crippen LogP contribution in [0.15, 0.2) is 94.9 Å². The summed E-state index contributed by atoms with van der Waals surface area (Å²) >= 11 is 6.00. The van der Waals surface area contributed by atoms with Gasteiger partial charge in [0.1, 0.15) is 0 Å². The topological polar surface area (TPSA) is 24.7 Å². The molecule has 0 fully saturated rings. The van der Waals surface area contributed by atoms with Crippen LogP contribution in [0.5, 0.6) is 0 Å². The van der Waals surface area contributed by atoms with Gasteiger partial charge in [0.05, 0.1) is 22.8 Å². The van der Waals surface area contributed by atoms with Crippen LogP contribution in [0.25, 0.3) is 10.8 Å². The Labute approximate surface area is 228 Å². The summed E-state index contributed by atoms with van der Waals surface area (Å²) in [4.78, 5) is 10.5. The maximum absolute atomic E-state index is 5.40. The minimum absolute atomic E-state index is 0.391. The quantitative estimate of drug-likeness (QED) is 0.200. The molecule has 35 heavy (non-hydrogen) atoms. The Balaban J connectivity index is 0.000000917. The number of aliphatic imine (C=N–C) groups is 2. The van der Waals surface area contributed by atoms with Crippen molar-refractivity contribution in [3.8, 4) is 0 Å². The van der Waals surface area contributed by atoms with Crippen molar-refractivity contribution in [3.63, 3.8) is 0 Å². The van der Waals surface area contributed by atoms with E-state index in [0.717, 1.165) is 28.4 Å². The summed E-state index contributed by atoms with van der Waals surface area (Å²) in [6, 6.07) is 29.7. The summed E-state index contributed by atoms with van der Waals surface area (Å²) in [5.74, 6) is 0.782. The normalized spacial score (nSPS) is 14.9. The Kier molecular flexibility index (Phi) is 8.75. The molecule has 5 heteroatoms. The number of hydrogen-bond acceptors (Lipinski definition) is 2. The van der Waals surface area contributed by atoms with E-state index in [0.29, 0.717) is 11.8 Å². The van der Waals surface area contributed by atoms with Gasteiger partial charge in [-0.1, -0.05) is 100 Å².